The van der Waals surface area contributed by atoms with E-state index in [2.05, 4.69) is 0 Å². The highest BCUT2D eigenvalue weighted by Crippen LogP contribution is 2.61. The number of fused-ring (bicyclic) bond motifs is 4. The van der Waals surface area contributed by atoms with E-state index in [0.717, 1.165) is 11.1 Å². The van der Waals surface area contributed by atoms with E-state index >= 15 is 0 Å². The van der Waals surface area contributed by atoms with Gasteiger partial charge in [-0.1, -0.05) is 158 Å². The highest BCUT2D eigenvalue weighted by molar-refractivity contribution is 6.22. The third-order valence-corrected chi connectivity index (χ3v) is 13.2. The summed E-state index contributed by atoms with van der Waals surface area (Å²) >= 11 is 0. The summed E-state index contributed by atoms with van der Waals surface area (Å²) < 4.78 is 51.3. The van der Waals surface area contributed by atoms with E-state index in [0.29, 0.717) is 54.2 Å². The average molecular weight is 1080 g/mol. The summed E-state index contributed by atoms with van der Waals surface area (Å²) in [5.41, 5.74) is 3.29. The molecular formula is C64H50O16. The molecule has 0 aromatic heterocycles. The van der Waals surface area contributed by atoms with Gasteiger partial charge >= 0.3 is 23.9 Å². The van der Waals surface area contributed by atoms with Gasteiger partial charge in [0.25, 0.3) is 0 Å². The van der Waals surface area contributed by atoms with Crippen molar-refractivity contribution in [1.82, 2.24) is 0 Å². The predicted octanol–water partition coefficient (Wildman–Crippen LogP) is 12.3. The molecule has 0 fully saturated rings. The van der Waals surface area contributed by atoms with E-state index in [4.69, 9.17) is 37.9 Å². The van der Waals surface area contributed by atoms with Crippen molar-refractivity contribution in [1.29, 1.82) is 0 Å². The molecule has 0 aliphatic carbocycles. The minimum atomic E-state index is -1.33. The van der Waals surface area contributed by atoms with E-state index in [1.165, 1.54) is 14.2 Å². The molecule has 0 saturated heterocycles. The second-order valence-corrected chi connectivity index (χ2v) is 18.2. The van der Waals surface area contributed by atoms with E-state index in [1.54, 1.807) is 60.7 Å². The Bertz CT molecular complexity index is 3750. The van der Waals surface area contributed by atoms with E-state index in [9.17, 15) is 39.6 Å². The quantitative estimate of drug-likeness (QED) is 0.0467. The number of hydrogen-bond acceptors (Lipinski definition) is 12. The smallest absolute Gasteiger partial charge is 0.341 e. The SMILES string of the molecule is COc1c(OCC(=O)O)c(-c2c(OCC(=O)O)c(OCc3ccccc3)cc3ccccc23)c2ccccc2c1-c1c(OC)c(OCC(=O)O)c(-c2c(OCC(=O)O)c(OCc3ccccc3)cc3ccccc23)c2ccccc12. The molecule has 4 N–H and O–H groups in total. The van der Waals surface area contributed by atoms with Gasteiger partial charge in [0.2, 0.25) is 0 Å². The number of carbonyl (C=O) groups is 4. The summed E-state index contributed by atoms with van der Waals surface area (Å²) in [6.07, 6.45) is 0. The van der Waals surface area contributed by atoms with Crippen LogP contribution in [0.4, 0.5) is 0 Å². The molecule has 80 heavy (non-hydrogen) atoms. The van der Waals surface area contributed by atoms with Crippen LogP contribution in [-0.2, 0) is 32.4 Å². The highest BCUT2D eigenvalue weighted by atomic mass is 16.6. The van der Waals surface area contributed by atoms with E-state index in [-0.39, 0.29) is 81.5 Å². The van der Waals surface area contributed by atoms with Crippen LogP contribution in [-0.4, -0.2) is 85.0 Å². The summed E-state index contributed by atoms with van der Waals surface area (Å²) in [5.74, 6) is -5.07. The van der Waals surface area contributed by atoms with Crippen LogP contribution in [0.5, 0.6) is 46.0 Å². The maximum Gasteiger partial charge on any atom is 0.341 e. The molecule has 0 aliphatic heterocycles. The van der Waals surface area contributed by atoms with Crippen LogP contribution < -0.4 is 37.9 Å². The van der Waals surface area contributed by atoms with E-state index in [1.807, 2.05) is 109 Å². The van der Waals surface area contributed by atoms with Crippen molar-refractivity contribution in [2.45, 2.75) is 13.2 Å². The number of ether oxygens (including phenoxy) is 8. The van der Waals surface area contributed by atoms with Crippen molar-refractivity contribution < 1.29 is 77.5 Å². The van der Waals surface area contributed by atoms with Gasteiger partial charge in [0, 0.05) is 33.4 Å². The first-order valence-electron chi connectivity index (χ1n) is 25.0. The minimum Gasteiger partial charge on any atom is -0.492 e. The summed E-state index contributed by atoms with van der Waals surface area (Å²) in [5, 5.41) is 45.2. The van der Waals surface area contributed by atoms with Crippen molar-refractivity contribution in [3.63, 3.8) is 0 Å². The molecule has 0 spiro atoms. The summed E-state index contributed by atoms with van der Waals surface area (Å²) in [6, 6.07) is 51.1. The van der Waals surface area contributed by atoms with Crippen LogP contribution in [0.1, 0.15) is 11.1 Å². The molecule has 0 amide bonds. The van der Waals surface area contributed by atoms with Crippen molar-refractivity contribution >= 4 is 67.0 Å². The molecule has 16 heteroatoms. The molecule has 0 atom stereocenters. The number of carboxylic acids is 4. The molecule has 402 valence electrons. The first kappa shape index (κ1) is 52.9. The highest BCUT2D eigenvalue weighted by Gasteiger charge is 2.35. The lowest BCUT2D eigenvalue weighted by molar-refractivity contribution is -0.140. The Kier molecular flexibility index (Phi) is 15.5. The van der Waals surface area contributed by atoms with Gasteiger partial charge in [-0.3, -0.25) is 0 Å². The molecule has 10 aromatic rings. The first-order valence-corrected chi connectivity index (χ1v) is 25.0. The third-order valence-electron chi connectivity index (χ3n) is 13.2. The van der Waals surface area contributed by atoms with Crippen molar-refractivity contribution in [3.05, 3.63) is 181 Å². The Balaban J connectivity index is 1.34. The van der Waals surface area contributed by atoms with Crippen molar-refractivity contribution in [2.75, 3.05) is 40.6 Å². The Hall–Kier alpha value is -10.5. The lowest BCUT2D eigenvalue weighted by Crippen LogP contribution is -2.14. The van der Waals surface area contributed by atoms with Crippen LogP contribution in [0.2, 0.25) is 0 Å². The molecule has 10 rings (SSSR count). The van der Waals surface area contributed by atoms with Gasteiger partial charge in [0.15, 0.2) is 72.4 Å². The van der Waals surface area contributed by atoms with Crippen LogP contribution in [0.25, 0.3) is 76.5 Å². The van der Waals surface area contributed by atoms with Gasteiger partial charge in [-0.2, -0.15) is 0 Å². The topological polar surface area (TPSA) is 223 Å². The van der Waals surface area contributed by atoms with Crippen molar-refractivity contribution in [2.24, 2.45) is 0 Å². The fourth-order valence-electron chi connectivity index (χ4n) is 10.0. The summed E-state index contributed by atoms with van der Waals surface area (Å²) in [4.78, 5) is 50.2. The first-order chi connectivity index (χ1) is 38.9. The summed E-state index contributed by atoms with van der Waals surface area (Å²) in [6.45, 7) is -3.21. The second kappa shape index (κ2) is 23.4. The van der Waals surface area contributed by atoms with E-state index < -0.39 is 50.3 Å². The Labute approximate surface area is 457 Å². The van der Waals surface area contributed by atoms with Gasteiger partial charge in [0.1, 0.15) is 13.2 Å². The second-order valence-electron chi connectivity index (χ2n) is 18.2. The molecule has 10 aromatic carbocycles. The van der Waals surface area contributed by atoms with Crippen LogP contribution >= 0.6 is 0 Å². The predicted molar refractivity (Wildman–Crippen MR) is 300 cm³/mol. The van der Waals surface area contributed by atoms with Gasteiger partial charge in [-0.25, -0.2) is 19.2 Å². The molecule has 0 radical (unpaired) electrons. The molecule has 0 aliphatic rings. The van der Waals surface area contributed by atoms with Gasteiger partial charge < -0.3 is 58.3 Å². The summed E-state index contributed by atoms with van der Waals surface area (Å²) in [7, 11) is 2.77. The molecule has 0 unspecified atom stereocenters. The molecule has 0 heterocycles. The number of rotatable bonds is 23. The largest absolute Gasteiger partial charge is 0.492 e. The molecular weight excluding hydrogens is 1020 g/mol. The number of aliphatic carboxylic acids is 4. The zero-order chi connectivity index (χ0) is 55.9. The van der Waals surface area contributed by atoms with Crippen LogP contribution in [0.15, 0.2) is 170 Å². The molecule has 0 bridgehead atoms. The average Bonchev–Trinajstić information content (AvgIpc) is 2.26. The van der Waals surface area contributed by atoms with Crippen LogP contribution in [0, 0.1) is 0 Å². The fourth-order valence-corrected chi connectivity index (χ4v) is 10.0. The van der Waals surface area contributed by atoms with Gasteiger partial charge in [0.05, 0.1) is 14.2 Å². The van der Waals surface area contributed by atoms with Crippen LogP contribution in [0.3, 0.4) is 0 Å². The Morgan fingerprint density at radius 3 is 0.887 bits per heavy atom. The third kappa shape index (κ3) is 10.6. The number of benzene rings is 10. The van der Waals surface area contributed by atoms with Gasteiger partial charge in [-0.15, -0.1) is 0 Å². The van der Waals surface area contributed by atoms with Gasteiger partial charge in [-0.05, 0) is 66.3 Å². The Morgan fingerprint density at radius 1 is 0.312 bits per heavy atom. The minimum absolute atomic E-state index is 0.0158. The zero-order valence-corrected chi connectivity index (χ0v) is 43.1. The number of carboxylic acid groups (broad SMARTS) is 4. The molecule has 0 saturated carbocycles. The maximum atomic E-state index is 12.7. The fraction of sp³-hybridized carbons (Fsp3) is 0.125. The lowest BCUT2D eigenvalue weighted by atomic mass is 9.83. The maximum absolute atomic E-state index is 12.7. The number of methoxy groups -OCH3 is 2. The molecule has 16 nitrogen and oxygen atoms in total. The monoisotopic (exact) mass is 1070 g/mol. The van der Waals surface area contributed by atoms with Crippen molar-refractivity contribution in [3.8, 4) is 79.4 Å². The number of hydrogen-bond donors (Lipinski definition) is 4. The Morgan fingerprint density at radius 2 is 0.575 bits per heavy atom. The zero-order valence-electron chi connectivity index (χ0n) is 43.1. The standard InChI is InChI=1S/C64H50O16/c1-73-61-55(43-25-13-15-27-45(43)57(63(61)79-35-51(69)70)53-41-23-11-9-21-39(41)29-47(59(53)77-33-49(65)66)75-31-37-17-5-3-6-18-37)56-44-26-14-16-28-46(44)58(64(62(56)74-2)80-36-52(71)72)54-42-24-12-10-22-40(42)30-48(60(54)78-34-50(67)68)76-32-38-19-7-4-8-20-38/h3-30H,31-36H2,1-2H3,(H,65,66)(H,67,68)(H,69,70)(H,71,72). The lowest BCUT2D eigenvalue weighted by Gasteiger charge is -2.27. The normalized spacial score (nSPS) is 11.1.